The fourth-order valence-electron chi connectivity index (χ4n) is 4.28. The Morgan fingerprint density at radius 3 is 2.58 bits per heavy atom. The number of para-hydroxylation sites is 1. The highest BCUT2D eigenvalue weighted by molar-refractivity contribution is 5.95. The van der Waals surface area contributed by atoms with Crippen LogP contribution in [0.4, 0.5) is 9.18 Å². The Hall–Kier alpha value is -5.10. The Morgan fingerprint density at radius 2 is 1.84 bits per heavy atom. The van der Waals surface area contributed by atoms with Crippen molar-refractivity contribution >= 4 is 18.2 Å². The van der Waals surface area contributed by atoms with Gasteiger partial charge in [0, 0.05) is 11.3 Å². The van der Waals surface area contributed by atoms with Crippen molar-refractivity contribution in [2.75, 3.05) is 20.3 Å². The maximum absolute atomic E-state index is 13.2. The van der Waals surface area contributed by atoms with Gasteiger partial charge >= 0.3 is 12.0 Å². The van der Waals surface area contributed by atoms with Crippen LogP contribution in [0.5, 0.6) is 17.2 Å². The van der Waals surface area contributed by atoms with Crippen molar-refractivity contribution < 1.29 is 38.0 Å². The molecule has 0 saturated carbocycles. The Bertz CT molecular complexity index is 1490. The van der Waals surface area contributed by atoms with Crippen LogP contribution < -0.4 is 30.3 Å². The Morgan fingerprint density at radius 1 is 1.07 bits per heavy atom. The van der Waals surface area contributed by atoms with Crippen LogP contribution >= 0.6 is 0 Å². The number of urea groups is 1. The molecule has 2 amide bonds. The van der Waals surface area contributed by atoms with Crippen LogP contribution in [-0.2, 0) is 16.1 Å². The third-order valence-electron chi connectivity index (χ3n) is 6.33. The Labute approximate surface area is 248 Å². The van der Waals surface area contributed by atoms with Crippen molar-refractivity contribution in [3.63, 3.8) is 0 Å². The molecule has 0 radical (unpaired) electrons. The summed E-state index contributed by atoms with van der Waals surface area (Å²) in [6.45, 7) is 3.83. The molecule has 12 heteroatoms. The van der Waals surface area contributed by atoms with Gasteiger partial charge in [-0.25, -0.2) is 14.0 Å². The lowest BCUT2D eigenvalue weighted by Crippen LogP contribution is -2.45. The van der Waals surface area contributed by atoms with Crippen molar-refractivity contribution in [3.05, 3.63) is 101 Å². The predicted octanol–water partition coefficient (Wildman–Crippen LogP) is 3.93. The molecule has 4 rings (SSSR count). The summed E-state index contributed by atoms with van der Waals surface area (Å²) in [5.41, 5.74) is 5.31. The van der Waals surface area contributed by atoms with Crippen LogP contribution in [0.3, 0.4) is 0 Å². The van der Waals surface area contributed by atoms with Crippen LogP contribution in [-0.4, -0.2) is 49.9 Å². The number of hydrazone groups is 1. The third-order valence-corrected chi connectivity index (χ3v) is 6.33. The highest BCUT2D eigenvalue weighted by atomic mass is 19.1. The van der Waals surface area contributed by atoms with E-state index in [1.165, 1.54) is 25.5 Å². The van der Waals surface area contributed by atoms with Gasteiger partial charge in [-0.05, 0) is 61.4 Å². The summed E-state index contributed by atoms with van der Waals surface area (Å²) >= 11 is 0. The number of nitrogens with zero attached hydrogens (tertiary/aromatic N) is 1. The number of hydrogen-bond donors (Lipinski definition) is 4. The summed E-state index contributed by atoms with van der Waals surface area (Å²) in [4.78, 5) is 24.6. The highest BCUT2D eigenvalue weighted by Crippen LogP contribution is 2.35. The molecule has 1 heterocycles. The molecule has 11 nitrogen and oxygen atoms in total. The van der Waals surface area contributed by atoms with E-state index < -0.39 is 24.3 Å². The smallest absolute Gasteiger partial charge is 0.337 e. The van der Waals surface area contributed by atoms with Gasteiger partial charge in [0.1, 0.15) is 24.8 Å². The number of nitrogens with one attached hydrogen (secondary N) is 3. The van der Waals surface area contributed by atoms with Gasteiger partial charge in [-0.2, -0.15) is 5.10 Å². The zero-order valence-electron chi connectivity index (χ0n) is 23.9. The van der Waals surface area contributed by atoms with Crippen molar-refractivity contribution in [1.29, 1.82) is 0 Å². The van der Waals surface area contributed by atoms with Gasteiger partial charge in [0.15, 0.2) is 17.7 Å². The van der Waals surface area contributed by atoms with Gasteiger partial charge in [0.2, 0.25) is 0 Å². The number of carbonyl (C=O) groups is 2. The molecule has 0 aliphatic carbocycles. The number of aliphatic hydroxyl groups is 1. The minimum atomic E-state index is -1.17. The topological polar surface area (TPSA) is 140 Å². The summed E-state index contributed by atoms with van der Waals surface area (Å²) in [5.74, 6) is 0.373. The van der Waals surface area contributed by atoms with Crippen LogP contribution in [0.15, 0.2) is 83.1 Å². The molecule has 3 aromatic carbocycles. The van der Waals surface area contributed by atoms with Crippen molar-refractivity contribution in [3.8, 4) is 17.2 Å². The van der Waals surface area contributed by atoms with Gasteiger partial charge in [-0.15, -0.1) is 0 Å². The summed E-state index contributed by atoms with van der Waals surface area (Å²) in [5, 5.41) is 19.8. The molecule has 1 aliphatic heterocycles. The van der Waals surface area contributed by atoms with Crippen LogP contribution in [0, 0.1) is 5.82 Å². The molecule has 0 bridgehead atoms. The largest absolute Gasteiger partial charge is 0.490 e. The van der Waals surface area contributed by atoms with Gasteiger partial charge < -0.3 is 34.7 Å². The van der Waals surface area contributed by atoms with Crippen LogP contribution in [0.1, 0.15) is 36.6 Å². The standard InChI is InChI=1S/C31H33FN4O7/c1-4-41-26-15-21(29-28(30(38)40-3)19(2)34-31(39)35-29)11-14-25(26)43-18-27(37)36-33-16-22-7-5-6-8-24(22)42-17-20-9-12-23(32)13-10-20/h5-16,27,29,36-37H,4,17-18H2,1-3H3,(H2,34,35,39)/b33-16-/t27-,29+/m0/s1. The number of allylic oxidation sites excluding steroid dienone is 1. The number of aliphatic hydroxyl groups excluding tert-OH is 1. The van der Waals surface area contributed by atoms with Crippen molar-refractivity contribution in [2.24, 2.45) is 5.10 Å². The van der Waals surface area contributed by atoms with Crippen molar-refractivity contribution in [2.45, 2.75) is 32.7 Å². The molecule has 0 spiro atoms. The summed E-state index contributed by atoms with van der Waals surface area (Å²) in [6.07, 6.45) is 0.337. The lowest BCUT2D eigenvalue weighted by atomic mass is 9.95. The number of ether oxygens (including phenoxy) is 4. The summed E-state index contributed by atoms with van der Waals surface area (Å²) in [7, 11) is 1.27. The van der Waals surface area contributed by atoms with E-state index in [0.29, 0.717) is 40.7 Å². The molecular formula is C31H33FN4O7. The van der Waals surface area contributed by atoms with Crippen LogP contribution in [0.2, 0.25) is 0 Å². The quantitative estimate of drug-likeness (QED) is 0.101. The van der Waals surface area contributed by atoms with E-state index in [1.807, 2.05) is 12.1 Å². The lowest BCUT2D eigenvalue weighted by Gasteiger charge is -2.28. The number of rotatable bonds is 13. The SMILES string of the molecule is CCOc1cc([C@H]2NC(=O)NC(C)=C2C(=O)OC)ccc1OC[C@H](O)N/N=C\c1ccccc1OCc1ccc(F)cc1. The molecule has 0 aromatic heterocycles. The molecule has 0 fully saturated rings. The average Bonchev–Trinajstić information content (AvgIpc) is 3.00. The van der Waals surface area contributed by atoms with E-state index in [0.717, 1.165) is 5.56 Å². The molecule has 4 N–H and O–H groups in total. The van der Waals surface area contributed by atoms with Gasteiger partial charge in [-0.1, -0.05) is 30.3 Å². The normalized spacial score (nSPS) is 15.4. The second kappa shape index (κ2) is 14.7. The van der Waals surface area contributed by atoms with E-state index in [9.17, 15) is 19.1 Å². The second-order valence-electron chi connectivity index (χ2n) is 9.37. The van der Waals surface area contributed by atoms with E-state index in [-0.39, 0.29) is 24.6 Å². The first-order valence-corrected chi connectivity index (χ1v) is 13.5. The van der Waals surface area contributed by atoms with E-state index >= 15 is 0 Å². The number of carbonyl (C=O) groups excluding carboxylic acids is 2. The van der Waals surface area contributed by atoms with Crippen molar-refractivity contribution in [1.82, 2.24) is 16.1 Å². The summed E-state index contributed by atoms with van der Waals surface area (Å²) < 4.78 is 35.4. The third kappa shape index (κ3) is 8.23. The molecule has 0 unspecified atom stereocenters. The maximum atomic E-state index is 13.2. The highest BCUT2D eigenvalue weighted by Gasteiger charge is 2.32. The van der Waals surface area contributed by atoms with Gasteiger partial charge in [0.05, 0.1) is 31.5 Å². The average molecular weight is 593 g/mol. The second-order valence-corrected chi connectivity index (χ2v) is 9.37. The molecular weight excluding hydrogens is 559 g/mol. The Balaban J connectivity index is 1.38. The monoisotopic (exact) mass is 592 g/mol. The fraction of sp³-hybridized carbons (Fsp3) is 0.258. The first-order valence-electron chi connectivity index (χ1n) is 13.5. The minimum Gasteiger partial charge on any atom is -0.490 e. The number of amides is 2. The van der Waals surface area contributed by atoms with Crippen LogP contribution in [0.25, 0.3) is 0 Å². The Kier molecular flexibility index (Phi) is 10.5. The zero-order chi connectivity index (χ0) is 30.8. The predicted molar refractivity (Wildman–Crippen MR) is 156 cm³/mol. The lowest BCUT2D eigenvalue weighted by molar-refractivity contribution is -0.136. The van der Waals surface area contributed by atoms with E-state index in [4.69, 9.17) is 18.9 Å². The number of esters is 1. The van der Waals surface area contributed by atoms with Gasteiger partial charge in [0.25, 0.3) is 0 Å². The molecule has 2 atom stereocenters. The summed E-state index contributed by atoms with van der Waals surface area (Å²) in [6, 6.07) is 17.0. The molecule has 43 heavy (non-hydrogen) atoms. The van der Waals surface area contributed by atoms with E-state index in [1.54, 1.807) is 56.3 Å². The van der Waals surface area contributed by atoms with Gasteiger partial charge in [-0.3, -0.25) is 5.43 Å². The molecule has 0 saturated heterocycles. The zero-order valence-corrected chi connectivity index (χ0v) is 23.9. The number of benzene rings is 3. The maximum Gasteiger partial charge on any atom is 0.337 e. The number of methoxy groups -OCH3 is 1. The minimum absolute atomic E-state index is 0.171. The number of hydrogen-bond acceptors (Lipinski definition) is 9. The molecule has 3 aromatic rings. The molecule has 226 valence electrons. The first-order chi connectivity index (χ1) is 20.8. The van der Waals surface area contributed by atoms with E-state index in [2.05, 4.69) is 21.2 Å². The first kappa shape index (κ1) is 30.8. The fourth-order valence-corrected chi connectivity index (χ4v) is 4.28. The molecule has 1 aliphatic rings. The number of halogens is 1.